The Hall–Kier alpha value is -3.56. The zero-order valence-electron chi connectivity index (χ0n) is 22.4. The summed E-state index contributed by atoms with van der Waals surface area (Å²) in [6.45, 7) is 3.24. The molecule has 1 aliphatic rings. The van der Waals surface area contributed by atoms with Gasteiger partial charge in [-0.25, -0.2) is 0 Å². The molecule has 2 aromatic carbocycles. The van der Waals surface area contributed by atoms with Crippen molar-refractivity contribution >= 4 is 40.9 Å². The van der Waals surface area contributed by atoms with Crippen LogP contribution in [0.2, 0.25) is 10.0 Å². The van der Waals surface area contributed by atoms with Gasteiger partial charge in [0.1, 0.15) is 12.4 Å². The molecule has 1 aliphatic heterocycles. The van der Waals surface area contributed by atoms with Gasteiger partial charge in [-0.05, 0) is 49.4 Å². The maximum Gasteiger partial charge on any atom is 0.276 e. The lowest BCUT2D eigenvalue weighted by atomic mass is 10.1. The van der Waals surface area contributed by atoms with Crippen LogP contribution in [0.25, 0.3) is 0 Å². The molecule has 0 spiro atoms. The number of benzene rings is 2. The highest BCUT2D eigenvalue weighted by molar-refractivity contribution is 6.33. The van der Waals surface area contributed by atoms with E-state index >= 15 is 0 Å². The minimum absolute atomic E-state index is 0.101. The Bertz CT molecular complexity index is 1330. The number of nitrogens with zero attached hydrogens (tertiary/aromatic N) is 3. The van der Waals surface area contributed by atoms with Gasteiger partial charge in [-0.1, -0.05) is 60.5 Å². The summed E-state index contributed by atoms with van der Waals surface area (Å²) < 4.78 is 7.70. The van der Waals surface area contributed by atoms with Crippen molar-refractivity contribution in [2.75, 3.05) is 26.2 Å². The Balaban J connectivity index is 1.58. The van der Waals surface area contributed by atoms with Gasteiger partial charge in [0, 0.05) is 30.9 Å². The van der Waals surface area contributed by atoms with Crippen LogP contribution in [-0.2, 0) is 17.8 Å². The molecule has 3 aromatic rings. The van der Waals surface area contributed by atoms with Crippen molar-refractivity contribution in [3.63, 3.8) is 0 Å². The zero-order chi connectivity index (χ0) is 28.5. The van der Waals surface area contributed by atoms with Crippen molar-refractivity contribution in [3.8, 4) is 5.75 Å². The molecule has 0 fully saturated rings. The molecule has 0 saturated heterocycles. The lowest BCUT2D eigenvalue weighted by molar-refractivity contribution is -0.122. The zero-order valence-corrected chi connectivity index (χ0v) is 23.9. The third-order valence-corrected chi connectivity index (χ3v) is 6.96. The maximum atomic E-state index is 13.5. The molecule has 0 radical (unpaired) electrons. The summed E-state index contributed by atoms with van der Waals surface area (Å²) in [5, 5.41) is 10.9. The molecule has 0 unspecified atom stereocenters. The van der Waals surface area contributed by atoms with Crippen LogP contribution in [0.5, 0.6) is 5.75 Å². The standard InChI is InChI=1S/C29H33Cl2N5O4/c1-2-13-36-17-24(31)27(34-36)29(39)35-14-7-6-12-32-28(38)23-16-21(30)10-11-25(23)40-19-22(33-26(37)18-35)15-20-8-4-3-5-9-20/h3-5,8-11,16-17,22H,2,6-7,12-15,18-19H2,1H3,(H,32,38)(H,33,37)/t22-/m1/s1. The number of rotatable bonds is 5. The molecule has 40 heavy (non-hydrogen) atoms. The first-order chi connectivity index (χ1) is 19.3. The first kappa shape index (κ1) is 29.4. The van der Waals surface area contributed by atoms with Gasteiger partial charge >= 0.3 is 0 Å². The Labute approximate surface area is 243 Å². The smallest absolute Gasteiger partial charge is 0.276 e. The number of aryl methyl sites for hydroxylation is 1. The number of amides is 3. The van der Waals surface area contributed by atoms with Gasteiger partial charge < -0.3 is 20.3 Å². The van der Waals surface area contributed by atoms with Gasteiger partial charge in [0.25, 0.3) is 11.8 Å². The summed E-state index contributed by atoms with van der Waals surface area (Å²) in [6.07, 6.45) is 4.09. The second-order valence-corrected chi connectivity index (χ2v) is 10.5. The van der Waals surface area contributed by atoms with Crippen LogP contribution in [0.4, 0.5) is 0 Å². The number of nitrogens with one attached hydrogen (secondary N) is 2. The van der Waals surface area contributed by atoms with Gasteiger partial charge in [0.15, 0.2) is 5.69 Å². The van der Waals surface area contributed by atoms with Crippen molar-refractivity contribution in [1.29, 1.82) is 0 Å². The van der Waals surface area contributed by atoms with Crippen LogP contribution in [0, 0.1) is 0 Å². The van der Waals surface area contributed by atoms with Gasteiger partial charge in [-0.2, -0.15) is 5.10 Å². The van der Waals surface area contributed by atoms with E-state index in [1.807, 2.05) is 37.3 Å². The molecule has 11 heteroatoms. The van der Waals surface area contributed by atoms with Crippen molar-refractivity contribution in [2.24, 2.45) is 0 Å². The van der Waals surface area contributed by atoms with Crippen LogP contribution in [-0.4, -0.2) is 64.7 Å². The molecular formula is C29H33Cl2N5O4. The number of hydrogen-bond acceptors (Lipinski definition) is 5. The third kappa shape index (κ3) is 7.99. The first-order valence-electron chi connectivity index (χ1n) is 13.4. The Morgan fingerprint density at radius 3 is 2.70 bits per heavy atom. The Morgan fingerprint density at radius 2 is 1.93 bits per heavy atom. The predicted molar refractivity (Wildman–Crippen MR) is 154 cm³/mol. The maximum absolute atomic E-state index is 13.5. The Morgan fingerprint density at radius 1 is 1.12 bits per heavy atom. The number of halogens is 2. The van der Waals surface area contributed by atoms with E-state index in [2.05, 4.69) is 15.7 Å². The van der Waals surface area contributed by atoms with Gasteiger partial charge in [-0.3, -0.25) is 19.1 Å². The second-order valence-electron chi connectivity index (χ2n) is 9.68. The summed E-state index contributed by atoms with van der Waals surface area (Å²) >= 11 is 12.5. The molecule has 0 bridgehead atoms. The number of ether oxygens (including phenoxy) is 1. The quantitative estimate of drug-likeness (QED) is 0.462. The van der Waals surface area contributed by atoms with Crippen LogP contribution < -0.4 is 15.4 Å². The van der Waals surface area contributed by atoms with Gasteiger partial charge in [0.05, 0.1) is 23.2 Å². The van der Waals surface area contributed by atoms with E-state index in [9.17, 15) is 14.4 Å². The number of carbonyl (C=O) groups excluding carboxylic acids is 3. The van der Waals surface area contributed by atoms with Gasteiger partial charge in [-0.15, -0.1) is 0 Å². The fourth-order valence-corrected chi connectivity index (χ4v) is 4.91. The predicted octanol–water partition coefficient (Wildman–Crippen LogP) is 4.37. The van der Waals surface area contributed by atoms with E-state index in [1.54, 1.807) is 29.1 Å². The number of carbonyl (C=O) groups is 3. The van der Waals surface area contributed by atoms with Crippen molar-refractivity contribution in [3.05, 3.63) is 81.6 Å². The summed E-state index contributed by atoms with van der Waals surface area (Å²) in [7, 11) is 0. The van der Waals surface area contributed by atoms with Crippen molar-refractivity contribution < 1.29 is 19.1 Å². The molecule has 1 atom stereocenters. The van der Waals surface area contributed by atoms with E-state index in [0.29, 0.717) is 55.2 Å². The van der Waals surface area contributed by atoms with Crippen molar-refractivity contribution in [1.82, 2.24) is 25.3 Å². The van der Waals surface area contributed by atoms with E-state index in [0.717, 1.165) is 12.0 Å². The van der Waals surface area contributed by atoms with E-state index in [-0.39, 0.29) is 35.7 Å². The molecule has 212 valence electrons. The highest BCUT2D eigenvalue weighted by Gasteiger charge is 2.26. The minimum atomic E-state index is -0.434. The van der Waals surface area contributed by atoms with Crippen LogP contribution in [0.1, 0.15) is 52.6 Å². The van der Waals surface area contributed by atoms with Crippen LogP contribution in [0.3, 0.4) is 0 Å². The first-order valence-corrected chi connectivity index (χ1v) is 14.2. The molecule has 0 saturated carbocycles. The molecular weight excluding hydrogens is 553 g/mol. The van der Waals surface area contributed by atoms with E-state index in [1.165, 1.54) is 4.90 Å². The minimum Gasteiger partial charge on any atom is -0.491 e. The topological polar surface area (TPSA) is 106 Å². The molecule has 3 amide bonds. The lowest BCUT2D eigenvalue weighted by Crippen LogP contribution is -2.47. The summed E-state index contributed by atoms with van der Waals surface area (Å²) in [6, 6.07) is 14.1. The molecule has 0 aliphatic carbocycles. The molecule has 2 heterocycles. The lowest BCUT2D eigenvalue weighted by Gasteiger charge is -2.24. The summed E-state index contributed by atoms with van der Waals surface area (Å²) in [4.78, 5) is 41.2. The largest absolute Gasteiger partial charge is 0.491 e. The number of aromatic nitrogens is 2. The molecule has 9 nitrogen and oxygen atoms in total. The second kappa shape index (κ2) is 14.2. The average Bonchev–Trinajstić information content (AvgIpc) is 3.30. The van der Waals surface area contributed by atoms with Crippen molar-refractivity contribution in [2.45, 2.75) is 45.2 Å². The number of hydrogen-bond donors (Lipinski definition) is 2. The fraction of sp³-hybridized carbons (Fsp3) is 0.379. The summed E-state index contributed by atoms with van der Waals surface area (Å²) in [5.74, 6) is -0.681. The monoisotopic (exact) mass is 585 g/mol. The SMILES string of the molecule is CCCn1cc(Cl)c(C(=O)N2CCCCNC(=O)c3cc(Cl)ccc3OC[C@@H](Cc3ccccc3)NC(=O)C2)n1. The average molecular weight is 587 g/mol. The molecule has 1 aromatic heterocycles. The molecule has 2 N–H and O–H groups in total. The highest BCUT2D eigenvalue weighted by atomic mass is 35.5. The third-order valence-electron chi connectivity index (χ3n) is 6.45. The summed E-state index contributed by atoms with van der Waals surface area (Å²) in [5.41, 5.74) is 1.44. The van der Waals surface area contributed by atoms with E-state index in [4.69, 9.17) is 27.9 Å². The van der Waals surface area contributed by atoms with E-state index < -0.39 is 11.9 Å². The fourth-order valence-electron chi connectivity index (χ4n) is 4.51. The normalized spacial score (nSPS) is 17.1. The highest BCUT2D eigenvalue weighted by Crippen LogP contribution is 2.24. The Kier molecular flexibility index (Phi) is 10.4. The number of fused-ring (bicyclic) bond motifs is 1. The van der Waals surface area contributed by atoms with Crippen LogP contribution >= 0.6 is 23.2 Å². The van der Waals surface area contributed by atoms with Gasteiger partial charge in [0.2, 0.25) is 5.91 Å². The molecule has 4 rings (SSSR count). The van der Waals surface area contributed by atoms with Crippen LogP contribution in [0.15, 0.2) is 54.7 Å².